The summed E-state index contributed by atoms with van der Waals surface area (Å²) in [6, 6.07) is 16.6. The summed E-state index contributed by atoms with van der Waals surface area (Å²) in [5, 5.41) is 13.3. The predicted molar refractivity (Wildman–Crippen MR) is 160 cm³/mol. The number of carbonyl (C=O) groups is 2. The topological polar surface area (TPSA) is 122 Å². The highest BCUT2D eigenvalue weighted by Crippen LogP contribution is 2.46. The molecule has 0 spiro atoms. The average Bonchev–Trinajstić information content (AvgIpc) is 3.27. The number of piperidine rings is 1. The number of halogens is 1. The van der Waals surface area contributed by atoms with Crippen LogP contribution in [0.3, 0.4) is 0 Å². The Hall–Kier alpha value is -3.12. The lowest BCUT2D eigenvalue weighted by atomic mass is 10.1. The number of benzene rings is 2. The third-order valence-electron chi connectivity index (χ3n) is 6.45. The quantitative estimate of drug-likeness (QED) is 0.245. The number of hydrogen-bond donors (Lipinski definition) is 2. The highest BCUT2D eigenvalue weighted by molar-refractivity contribution is 7.88. The molecule has 1 saturated heterocycles. The Morgan fingerprint density at radius 1 is 1.12 bits per heavy atom. The van der Waals surface area contributed by atoms with Gasteiger partial charge in [-0.2, -0.15) is 0 Å². The number of nitrogens with one attached hydrogen (secondary N) is 1. The third-order valence-corrected chi connectivity index (χ3v) is 9.98. The van der Waals surface area contributed by atoms with Crippen LogP contribution in [0.25, 0.3) is 10.4 Å². The normalized spacial score (nSPS) is 14.6. The summed E-state index contributed by atoms with van der Waals surface area (Å²) >= 11 is 7.53. The zero-order valence-electron chi connectivity index (χ0n) is 22.8. The summed E-state index contributed by atoms with van der Waals surface area (Å²) < 4.78 is 37.9. The molecule has 3 aromatic rings. The van der Waals surface area contributed by atoms with E-state index in [2.05, 4.69) is 5.32 Å². The summed E-state index contributed by atoms with van der Waals surface area (Å²) in [6.45, 7) is 4.44. The van der Waals surface area contributed by atoms with Crippen molar-refractivity contribution in [3.8, 4) is 16.2 Å². The second kappa shape index (κ2) is 13.7. The van der Waals surface area contributed by atoms with Crippen molar-refractivity contribution in [1.82, 2.24) is 4.31 Å². The van der Waals surface area contributed by atoms with E-state index in [1.165, 1.54) is 0 Å². The number of sulfonamides is 1. The number of aromatic carboxylic acids is 1. The van der Waals surface area contributed by atoms with E-state index in [4.69, 9.17) is 21.1 Å². The van der Waals surface area contributed by atoms with Crippen LogP contribution in [-0.2, 0) is 25.3 Å². The highest BCUT2D eigenvalue weighted by atomic mass is 35.5. The number of nitrogens with zero attached hydrogens (tertiary/aromatic N) is 1. The molecule has 0 saturated carbocycles. The monoisotopic (exact) mass is 620 g/mol. The molecule has 1 fully saturated rings. The fourth-order valence-corrected chi connectivity index (χ4v) is 7.39. The lowest BCUT2D eigenvalue weighted by Gasteiger charge is -2.32. The maximum absolute atomic E-state index is 12.9. The molecule has 0 radical (unpaired) electrons. The van der Waals surface area contributed by atoms with Crippen molar-refractivity contribution in [2.45, 2.75) is 38.5 Å². The molecule has 0 amide bonds. The van der Waals surface area contributed by atoms with Crippen molar-refractivity contribution in [2.75, 3.05) is 31.6 Å². The summed E-state index contributed by atoms with van der Waals surface area (Å²) in [6.07, 6.45) is 1.29. The first-order valence-electron chi connectivity index (χ1n) is 13.3. The minimum absolute atomic E-state index is 0.0152. The Balaban J connectivity index is 1.41. The van der Waals surface area contributed by atoms with Gasteiger partial charge in [-0.25, -0.2) is 22.3 Å². The molecule has 1 aliphatic heterocycles. The fraction of sp³-hybridized carbons (Fsp3) is 0.379. The minimum Gasteiger partial charge on any atom is -0.479 e. The van der Waals surface area contributed by atoms with Crippen LogP contribution in [0.15, 0.2) is 54.6 Å². The van der Waals surface area contributed by atoms with Crippen LogP contribution in [0.2, 0.25) is 5.02 Å². The molecule has 4 rings (SSSR count). The smallest absolute Gasteiger partial charge is 0.349 e. The zero-order chi connectivity index (χ0) is 29.6. The summed E-state index contributed by atoms with van der Waals surface area (Å²) in [7, 11) is -3.40. The minimum atomic E-state index is -3.40. The van der Waals surface area contributed by atoms with Crippen LogP contribution in [0.1, 0.15) is 41.9 Å². The number of hydrogen-bond acceptors (Lipinski definition) is 8. The largest absolute Gasteiger partial charge is 0.479 e. The van der Waals surface area contributed by atoms with Gasteiger partial charge < -0.3 is 19.9 Å². The second-order valence-electron chi connectivity index (χ2n) is 10.2. The first kappa shape index (κ1) is 30.8. The summed E-state index contributed by atoms with van der Waals surface area (Å²) in [4.78, 5) is 24.3. The molecule has 220 valence electrons. The van der Waals surface area contributed by atoms with Crippen LogP contribution < -0.4 is 10.1 Å². The van der Waals surface area contributed by atoms with Gasteiger partial charge >= 0.3 is 11.9 Å². The van der Waals surface area contributed by atoms with Crippen LogP contribution in [-0.4, -0.2) is 62.1 Å². The van der Waals surface area contributed by atoms with E-state index in [9.17, 15) is 23.1 Å². The van der Waals surface area contributed by atoms with E-state index in [1.807, 2.05) is 68.4 Å². The Morgan fingerprint density at radius 3 is 2.49 bits per heavy atom. The standard InChI is InChI=1S/C29H33ClN2O7S2/c1-19(2)16-38-24(33)17-39-26-25(30)27(40-28(26)29(34)35)21-9-6-10-23(15-21)31-22-11-13-32(14-12-22)41(36,37)18-20-7-4-3-5-8-20/h3-10,15,19,22,31H,11-14,16-18H2,1-2H3,(H,34,35). The van der Waals surface area contributed by atoms with Crippen LogP contribution in [0.5, 0.6) is 5.75 Å². The van der Waals surface area contributed by atoms with Gasteiger partial charge in [0.05, 0.1) is 17.2 Å². The second-order valence-corrected chi connectivity index (χ2v) is 13.6. The molecule has 2 heterocycles. The van der Waals surface area contributed by atoms with E-state index in [1.54, 1.807) is 4.31 Å². The van der Waals surface area contributed by atoms with E-state index in [0.29, 0.717) is 36.4 Å². The van der Waals surface area contributed by atoms with Crippen molar-refractivity contribution in [3.05, 3.63) is 70.1 Å². The Morgan fingerprint density at radius 2 is 1.83 bits per heavy atom. The van der Waals surface area contributed by atoms with Gasteiger partial charge in [0.2, 0.25) is 10.0 Å². The van der Waals surface area contributed by atoms with E-state index < -0.39 is 28.6 Å². The molecule has 2 N–H and O–H groups in total. The van der Waals surface area contributed by atoms with Crippen molar-refractivity contribution < 1.29 is 32.6 Å². The SMILES string of the molecule is CC(C)COC(=O)COc1c(C(=O)O)sc(-c2cccc(NC3CCN(S(=O)(=O)Cc4ccccc4)CC3)c2)c1Cl. The number of anilines is 1. The maximum atomic E-state index is 12.9. The molecular formula is C29H33ClN2O7S2. The van der Waals surface area contributed by atoms with Gasteiger partial charge in [-0.3, -0.25) is 0 Å². The van der Waals surface area contributed by atoms with Crippen LogP contribution >= 0.6 is 22.9 Å². The number of thiophene rings is 1. The summed E-state index contributed by atoms with van der Waals surface area (Å²) in [5.74, 6) is -1.74. The van der Waals surface area contributed by atoms with E-state index in [-0.39, 0.29) is 40.0 Å². The third kappa shape index (κ3) is 8.22. The molecule has 41 heavy (non-hydrogen) atoms. The lowest BCUT2D eigenvalue weighted by Crippen LogP contribution is -2.42. The Labute approximate surface area is 249 Å². The predicted octanol–water partition coefficient (Wildman–Crippen LogP) is 5.75. The molecule has 1 aliphatic rings. The molecule has 12 heteroatoms. The molecule has 0 atom stereocenters. The van der Waals surface area contributed by atoms with Crippen molar-refractivity contribution in [3.63, 3.8) is 0 Å². The molecule has 2 aromatic carbocycles. The van der Waals surface area contributed by atoms with Crippen molar-refractivity contribution >= 4 is 50.6 Å². The molecule has 1 aromatic heterocycles. The van der Waals surface area contributed by atoms with Gasteiger partial charge in [0.15, 0.2) is 17.2 Å². The van der Waals surface area contributed by atoms with Gasteiger partial charge in [0.1, 0.15) is 5.02 Å². The number of carboxylic acid groups (broad SMARTS) is 1. The molecular weight excluding hydrogens is 588 g/mol. The highest BCUT2D eigenvalue weighted by Gasteiger charge is 2.29. The lowest BCUT2D eigenvalue weighted by molar-refractivity contribution is -0.147. The number of carboxylic acids is 1. The first-order chi connectivity index (χ1) is 19.5. The van der Waals surface area contributed by atoms with Crippen LogP contribution in [0.4, 0.5) is 5.69 Å². The molecule has 9 nitrogen and oxygen atoms in total. The van der Waals surface area contributed by atoms with Crippen molar-refractivity contribution in [2.24, 2.45) is 5.92 Å². The van der Waals surface area contributed by atoms with Gasteiger partial charge in [0.25, 0.3) is 0 Å². The number of ether oxygens (including phenoxy) is 2. The average molecular weight is 621 g/mol. The van der Waals surface area contributed by atoms with Gasteiger partial charge in [-0.05, 0) is 42.0 Å². The maximum Gasteiger partial charge on any atom is 0.349 e. The van der Waals surface area contributed by atoms with Crippen molar-refractivity contribution in [1.29, 1.82) is 0 Å². The van der Waals surface area contributed by atoms with Gasteiger partial charge in [0, 0.05) is 24.8 Å². The summed E-state index contributed by atoms with van der Waals surface area (Å²) in [5.41, 5.74) is 2.25. The Bertz CT molecular complexity index is 1470. The van der Waals surface area contributed by atoms with Gasteiger partial charge in [-0.15, -0.1) is 11.3 Å². The zero-order valence-corrected chi connectivity index (χ0v) is 25.2. The Kier molecular flexibility index (Phi) is 10.3. The number of carbonyl (C=O) groups excluding carboxylic acids is 1. The van der Waals surface area contributed by atoms with Gasteiger partial charge in [-0.1, -0.05) is 67.9 Å². The number of esters is 1. The number of rotatable bonds is 12. The van der Waals surface area contributed by atoms with E-state index in [0.717, 1.165) is 22.6 Å². The molecule has 0 bridgehead atoms. The molecule has 0 aliphatic carbocycles. The van der Waals surface area contributed by atoms with Crippen LogP contribution in [0, 0.1) is 5.92 Å². The first-order valence-corrected chi connectivity index (χ1v) is 16.1. The van der Waals surface area contributed by atoms with E-state index >= 15 is 0 Å². The fourth-order valence-electron chi connectivity index (χ4n) is 4.42. The molecule has 0 unspecified atom stereocenters.